The van der Waals surface area contributed by atoms with Crippen molar-refractivity contribution >= 4 is 5.91 Å². The number of aromatic nitrogens is 4. The van der Waals surface area contributed by atoms with E-state index in [1.807, 2.05) is 0 Å². The van der Waals surface area contributed by atoms with Crippen molar-refractivity contribution in [3.05, 3.63) is 52.9 Å². The van der Waals surface area contributed by atoms with Gasteiger partial charge in [0.1, 0.15) is 17.4 Å². The maximum Gasteiger partial charge on any atom is 0.266 e. The molecule has 0 saturated carbocycles. The zero-order valence-electron chi connectivity index (χ0n) is 14.7. The predicted octanol–water partition coefficient (Wildman–Crippen LogP) is 0.825. The highest BCUT2D eigenvalue weighted by atomic mass is 16.5. The minimum atomic E-state index is -0.776. The Balaban J connectivity index is 1.51. The molecular formula is C17H19N5O5. The molecule has 0 radical (unpaired) electrons. The van der Waals surface area contributed by atoms with Gasteiger partial charge in [-0.15, -0.1) is 0 Å². The van der Waals surface area contributed by atoms with Crippen LogP contribution >= 0.6 is 0 Å². The van der Waals surface area contributed by atoms with Gasteiger partial charge in [0.25, 0.3) is 11.4 Å². The summed E-state index contributed by atoms with van der Waals surface area (Å²) in [5.41, 5.74) is -0.185. The molecule has 0 spiro atoms. The maximum absolute atomic E-state index is 12.4. The zero-order valence-corrected chi connectivity index (χ0v) is 14.7. The lowest BCUT2D eigenvalue weighted by Crippen LogP contribution is -2.29. The number of aryl methyl sites for hydroxylation is 2. The lowest BCUT2D eigenvalue weighted by molar-refractivity contribution is -0.121. The molecule has 3 aromatic heterocycles. The largest absolute Gasteiger partial charge is 0.467 e. The van der Waals surface area contributed by atoms with Crippen molar-refractivity contribution in [2.45, 2.75) is 32.4 Å². The van der Waals surface area contributed by atoms with Gasteiger partial charge in [-0.25, -0.2) is 4.98 Å². The van der Waals surface area contributed by atoms with Crippen molar-refractivity contribution in [1.82, 2.24) is 25.0 Å². The second-order valence-electron chi connectivity index (χ2n) is 5.87. The molecule has 0 aliphatic rings. The SMILES string of the molecule is Cc1noc(-c2cncn(CCC(=O)NCCC(O)c3ccco3)c2=O)n1. The summed E-state index contributed by atoms with van der Waals surface area (Å²) in [7, 11) is 0. The molecule has 0 saturated heterocycles. The lowest BCUT2D eigenvalue weighted by Gasteiger charge is -2.09. The predicted molar refractivity (Wildman–Crippen MR) is 92.4 cm³/mol. The monoisotopic (exact) mass is 373 g/mol. The summed E-state index contributed by atoms with van der Waals surface area (Å²) >= 11 is 0. The van der Waals surface area contributed by atoms with Gasteiger partial charge in [-0.3, -0.25) is 14.2 Å². The van der Waals surface area contributed by atoms with Gasteiger partial charge in [0.15, 0.2) is 5.82 Å². The minimum absolute atomic E-state index is 0.0880. The van der Waals surface area contributed by atoms with E-state index < -0.39 is 6.10 Å². The van der Waals surface area contributed by atoms with E-state index in [0.29, 0.717) is 18.0 Å². The first-order valence-corrected chi connectivity index (χ1v) is 8.38. The van der Waals surface area contributed by atoms with Gasteiger partial charge in [-0.1, -0.05) is 5.16 Å². The van der Waals surface area contributed by atoms with E-state index in [1.165, 1.54) is 23.4 Å². The highest BCUT2D eigenvalue weighted by Crippen LogP contribution is 2.15. The van der Waals surface area contributed by atoms with Gasteiger partial charge in [0.2, 0.25) is 5.91 Å². The Morgan fingerprint density at radius 3 is 3.00 bits per heavy atom. The van der Waals surface area contributed by atoms with Gasteiger partial charge in [0, 0.05) is 25.7 Å². The van der Waals surface area contributed by atoms with Gasteiger partial charge < -0.3 is 19.4 Å². The molecule has 0 bridgehead atoms. The number of aliphatic hydroxyl groups is 1. The second-order valence-corrected chi connectivity index (χ2v) is 5.87. The molecule has 1 amide bonds. The van der Waals surface area contributed by atoms with E-state index in [4.69, 9.17) is 8.94 Å². The molecule has 2 N–H and O–H groups in total. The Hall–Kier alpha value is -3.27. The molecule has 27 heavy (non-hydrogen) atoms. The molecule has 0 aliphatic heterocycles. The number of carbonyl (C=O) groups is 1. The Morgan fingerprint density at radius 2 is 2.30 bits per heavy atom. The topological polar surface area (TPSA) is 136 Å². The Kier molecular flexibility index (Phi) is 5.77. The summed E-state index contributed by atoms with van der Waals surface area (Å²) < 4.78 is 11.4. The fourth-order valence-corrected chi connectivity index (χ4v) is 2.44. The molecule has 0 fully saturated rings. The van der Waals surface area contributed by atoms with Crippen molar-refractivity contribution in [1.29, 1.82) is 0 Å². The molecular weight excluding hydrogens is 354 g/mol. The Bertz CT molecular complexity index is 947. The number of nitrogens with zero attached hydrogens (tertiary/aromatic N) is 4. The third kappa shape index (κ3) is 4.67. The van der Waals surface area contributed by atoms with Crippen LogP contribution in [0.5, 0.6) is 0 Å². The van der Waals surface area contributed by atoms with E-state index in [9.17, 15) is 14.7 Å². The van der Waals surface area contributed by atoms with E-state index in [1.54, 1.807) is 19.1 Å². The number of hydrogen-bond donors (Lipinski definition) is 2. The average molecular weight is 373 g/mol. The summed E-state index contributed by atoms with van der Waals surface area (Å²) in [5, 5.41) is 16.2. The van der Waals surface area contributed by atoms with Crippen LogP contribution in [0.25, 0.3) is 11.5 Å². The first-order chi connectivity index (χ1) is 13.0. The number of rotatable bonds is 8. The lowest BCUT2D eigenvalue weighted by atomic mass is 10.2. The molecule has 0 aromatic carbocycles. The van der Waals surface area contributed by atoms with Crippen LogP contribution in [0.15, 0.2) is 44.7 Å². The fourth-order valence-electron chi connectivity index (χ4n) is 2.44. The summed E-state index contributed by atoms with van der Waals surface area (Å²) in [4.78, 5) is 32.4. The van der Waals surface area contributed by atoms with Crippen molar-refractivity contribution in [2.75, 3.05) is 6.54 Å². The number of hydrogen-bond acceptors (Lipinski definition) is 8. The Morgan fingerprint density at radius 1 is 1.44 bits per heavy atom. The molecule has 1 unspecified atom stereocenters. The van der Waals surface area contributed by atoms with E-state index in [-0.39, 0.29) is 42.4 Å². The van der Waals surface area contributed by atoms with Crippen LogP contribution in [0, 0.1) is 6.92 Å². The smallest absolute Gasteiger partial charge is 0.266 e. The van der Waals surface area contributed by atoms with Gasteiger partial charge in [-0.05, 0) is 25.5 Å². The van der Waals surface area contributed by atoms with Crippen molar-refractivity contribution in [3.8, 4) is 11.5 Å². The van der Waals surface area contributed by atoms with Gasteiger partial charge in [0.05, 0.1) is 12.6 Å². The minimum Gasteiger partial charge on any atom is -0.467 e. The molecule has 3 heterocycles. The van der Waals surface area contributed by atoms with Crippen LogP contribution in [0.1, 0.15) is 30.5 Å². The molecule has 0 aliphatic carbocycles. The van der Waals surface area contributed by atoms with Gasteiger partial charge in [-0.2, -0.15) is 4.98 Å². The Labute approximate surface area is 153 Å². The van der Waals surface area contributed by atoms with E-state index in [0.717, 1.165) is 0 Å². The third-order valence-corrected chi connectivity index (χ3v) is 3.85. The number of aliphatic hydroxyl groups excluding tert-OH is 1. The number of carbonyl (C=O) groups excluding carboxylic acids is 1. The zero-order chi connectivity index (χ0) is 19.2. The summed E-state index contributed by atoms with van der Waals surface area (Å²) in [6.45, 7) is 2.09. The quantitative estimate of drug-likeness (QED) is 0.592. The van der Waals surface area contributed by atoms with Crippen LogP contribution < -0.4 is 10.9 Å². The van der Waals surface area contributed by atoms with Crippen molar-refractivity contribution in [2.24, 2.45) is 0 Å². The van der Waals surface area contributed by atoms with Crippen LogP contribution in [-0.2, 0) is 11.3 Å². The first-order valence-electron chi connectivity index (χ1n) is 8.38. The van der Waals surface area contributed by atoms with Crippen LogP contribution in [0.4, 0.5) is 0 Å². The van der Waals surface area contributed by atoms with Crippen molar-refractivity contribution < 1.29 is 18.8 Å². The second kappa shape index (κ2) is 8.41. The standard InChI is InChI=1S/C17H19N5O5/c1-11-20-16(27-21-11)12-9-18-10-22(17(12)25)7-5-15(24)19-6-4-13(23)14-3-2-8-26-14/h2-3,8-10,13,23H,4-7H2,1H3,(H,19,24). The highest BCUT2D eigenvalue weighted by molar-refractivity contribution is 5.75. The van der Waals surface area contributed by atoms with Crippen LogP contribution in [0.2, 0.25) is 0 Å². The number of amides is 1. The van der Waals surface area contributed by atoms with E-state index in [2.05, 4.69) is 20.4 Å². The first kappa shape index (κ1) is 18.5. The van der Waals surface area contributed by atoms with E-state index >= 15 is 0 Å². The molecule has 1 atom stereocenters. The summed E-state index contributed by atoms with van der Waals surface area (Å²) in [5.74, 6) is 0.717. The normalized spacial score (nSPS) is 12.1. The number of nitrogens with one attached hydrogen (secondary N) is 1. The fraction of sp³-hybridized carbons (Fsp3) is 0.353. The highest BCUT2D eigenvalue weighted by Gasteiger charge is 2.14. The van der Waals surface area contributed by atoms with Crippen LogP contribution in [-0.4, -0.2) is 37.3 Å². The molecule has 3 rings (SSSR count). The van der Waals surface area contributed by atoms with Crippen LogP contribution in [0.3, 0.4) is 0 Å². The summed E-state index contributed by atoms with van der Waals surface area (Å²) in [6, 6.07) is 3.36. The van der Waals surface area contributed by atoms with Gasteiger partial charge >= 0.3 is 0 Å². The molecule has 142 valence electrons. The molecule has 3 aromatic rings. The van der Waals surface area contributed by atoms with Crippen molar-refractivity contribution in [3.63, 3.8) is 0 Å². The molecule has 10 nitrogen and oxygen atoms in total. The average Bonchev–Trinajstić information content (AvgIpc) is 3.32. The summed E-state index contributed by atoms with van der Waals surface area (Å²) in [6.07, 6.45) is 3.82. The number of furan rings is 1. The maximum atomic E-state index is 12.4. The third-order valence-electron chi connectivity index (χ3n) is 3.85. The molecule has 10 heteroatoms.